The van der Waals surface area contributed by atoms with Crippen LogP contribution in [0.5, 0.6) is 5.75 Å². The number of rotatable bonds is 4. The lowest BCUT2D eigenvalue weighted by Gasteiger charge is -2.50. The fourth-order valence-electron chi connectivity index (χ4n) is 3.36. The Morgan fingerprint density at radius 3 is 2.95 bits per heavy atom. The summed E-state index contributed by atoms with van der Waals surface area (Å²) in [7, 11) is 0. The highest BCUT2D eigenvalue weighted by molar-refractivity contribution is 5.77. The van der Waals surface area contributed by atoms with Gasteiger partial charge < -0.3 is 15.2 Å². The zero-order valence-corrected chi connectivity index (χ0v) is 13.4. The van der Waals surface area contributed by atoms with E-state index in [0.29, 0.717) is 18.9 Å². The smallest absolute Gasteiger partial charge is 0.320 e. The van der Waals surface area contributed by atoms with Gasteiger partial charge in [0.1, 0.15) is 5.75 Å². The molecule has 2 heterocycles. The third-order valence-corrected chi connectivity index (χ3v) is 4.64. The number of benzene rings is 1. The third-order valence-electron chi connectivity index (χ3n) is 4.64. The van der Waals surface area contributed by atoms with Crippen LogP contribution in [0, 0.1) is 0 Å². The molecule has 1 fully saturated rings. The average Bonchev–Trinajstić information content (AvgIpc) is 2.46. The van der Waals surface area contributed by atoms with Crippen LogP contribution < -0.4 is 10.1 Å². The minimum Gasteiger partial charge on any atom is -0.468 e. The monoisotopic (exact) mass is 304 g/mol. The van der Waals surface area contributed by atoms with Crippen molar-refractivity contribution in [3.63, 3.8) is 0 Å². The second-order valence-electron chi connectivity index (χ2n) is 6.66. The molecule has 22 heavy (non-hydrogen) atoms. The molecule has 1 aromatic rings. The number of fused-ring (bicyclic) bond motifs is 4. The van der Waals surface area contributed by atoms with Gasteiger partial charge in [0.05, 0.1) is 6.04 Å². The summed E-state index contributed by atoms with van der Waals surface area (Å²) in [4.78, 5) is 14.1. The van der Waals surface area contributed by atoms with Gasteiger partial charge in [-0.3, -0.25) is 4.90 Å². The summed E-state index contributed by atoms with van der Waals surface area (Å²) in [6, 6.07) is 6.12. The Hall–Kier alpha value is -1.75. The fourth-order valence-corrected chi connectivity index (χ4v) is 3.36. The minimum absolute atomic E-state index is 0.00896. The van der Waals surface area contributed by atoms with Crippen LogP contribution in [0.2, 0.25) is 0 Å². The molecule has 0 aliphatic carbocycles. The minimum atomic E-state index is -0.644. The Morgan fingerprint density at radius 1 is 1.50 bits per heavy atom. The molecule has 2 atom stereocenters. The number of aliphatic hydroxyl groups is 1. The summed E-state index contributed by atoms with van der Waals surface area (Å²) in [5.41, 5.74) is 1.68. The second kappa shape index (κ2) is 5.47. The molecule has 2 bridgehead atoms. The standard InChI is InChI=1S/C17H24N2O3/c1-11(2)12-5-6-15-13(9-12)14-10-17(3,22-15)19(7-4-8-20)16(21)18-14/h5-6,9,11,14,20H,4,7-8,10H2,1-3H3,(H,18,21). The van der Waals surface area contributed by atoms with Crippen molar-refractivity contribution in [1.29, 1.82) is 0 Å². The van der Waals surface area contributed by atoms with Gasteiger partial charge in [0.15, 0.2) is 5.72 Å². The first-order valence-corrected chi connectivity index (χ1v) is 7.96. The topological polar surface area (TPSA) is 61.8 Å². The van der Waals surface area contributed by atoms with E-state index in [1.807, 2.05) is 13.0 Å². The van der Waals surface area contributed by atoms with E-state index in [1.165, 1.54) is 5.56 Å². The lowest BCUT2D eigenvalue weighted by atomic mass is 9.88. The number of amides is 2. The number of hydrogen-bond acceptors (Lipinski definition) is 3. The maximum absolute atomic E-state index is 12.4. The summed E-state index contributed by atoms with van der Waals surface area (Å²) < 4.78 is 6.19. The SMILES string of the molecule is CC(C)c1ccc2c(c1)C1CC(C)(O2)N(CCCO)C(=O)N1. The molecule has 2 N–H and O–H groups in total. The van der Waals surface area contributed by atoms with Crippen LogP contribution in [-0.2, 0) is 0 Å². The molecule has 2 unspecified atom stereocenters. The average molecular weight is 304 g/mol. The lowest BCUT2D eigenvalue weighted by molar-refractivity contribution is -0.0849. The largest absolute Gasteiger partial charge is 0.468 e. The highest BCUT2D eigenvalue weighted by Crippen LogP contribution is 2.44. The maximum Gasteiger partial charge on any atom is 0.320 e. The summed E-state index contributed by atoms with van der Waals surface area (Å²) in [5, 5.41) is 12.1. The molecule has 5 heteroatoms. The Balaban J connectivity index is 1.95. The molecule has 0 saturated carbocycles. The van der Waals surface area contributed by atoms with Gasteiger partial charge in [0.25, 0.3) is 0 Å². The molecule has 0 spiro atoms. The molecule has 120 valence electrons. The first-order valence-electron chi connectivity index (χ1n) is 7.96. The zero-order valence-electron chi connectivity index (χ0n) is 13.4. The summed E-state index contributed by atoms with van der Waals surface area (Å²) in [5.74, 6) is 1.29. The lowest BCUT2D eigenvalue weighted by Crippen LogP contribution is -2.64. The Labute approximate surface area is 131 Å². The number of carbonyl (C=O) groups is 1. The highest BCUT2D eigenvalue weighted by Gasteiger charge is 2.48. The number of nitrogens with zero attached hydrogens (tertiary/aromatic N) is 1. The summed E-state index contributed by atoms with van der Waals surface area (Å²) in [6.45, 7) is 6.83. The van der Waals surface area contributed by atoms with Crippen molar-refractivity contribution in [2.24, 2.45) is 0 Å². The van der Waals surface area contributed by atoms with E-state index < -0.39 is 5.72 Å². The molecule has 3 rings (SSSR count). The number of hydrogen-bond donors (Lipinski definition) is 2. The Bertz CT molecular complexity index is 587. The van der Waals surface area contributed by atoms with Crippen LogP contribution in [0.1, 0.15) is 56.7 Å². The zero-order chi connectivity index (χ0) is 15.9. The van der Waals surface area contributed by atoms with Gasteiger partial charge in [0.2, 0.25) is 0 Å². The van der Waals surface area contributed by atoms with Gasteiger partial charge in [0, 0.05) is 25.1 Å². The molecular formula is C17H24N2O3. The molecular weight excluding hydrogens is 280 g/mol. The molecule has 2 amide bonds. The predicted molar refractivity (Wildman–Crippen MR) is 83.9 cm³/mol. The molecule has 5 nitrogen and oxygen atoms in total. The van der Waals surface area contributed by atoms with Crippen molar-refractivity contribution in [2.45, 2.75) is 51.3 Å². The van der Waals surface area contributed by atoms with Crippen LogP contribution in [-0.4, -0.2) is 34.9 Å². The van der Waals surface area contributed by atoms with E-state index in [1.54, 1.807) is 4.90 Å². The van der Waals surface area contributed by atoms with E-state index in [9.17, 15) is 4.79 Å². The highest BCUT2D eigenvalue weighted by atomic mass is 16.5. The number of carbonyl (C=O) groups excluding carboxylic acids is 1. The molecule has 0 aromatic heterocycles. The van der Waals surface area contributed by atoms with E-state index in [2.05, 4.69) is 31.3 Å². The number of aliphatic hydroxyl groups excluding tert-OH is 1. The first kappa shape index (κ1) is 15.2. The van der Waals surface area contributed by atoms with Gasteiger partial charge >= 0.3 is 6.03 Å². The fraction of sp³-hybridized carbons (Fsp3) is 0.588. The summed E-state index contributed by atoms with van der Waals surface area (Å²) >= 11 is 0. The van der Waals surface area contributed by atoms with Gasteiger partial charge in [-0.15, -0.1) is 0 Å². The van der Waals surface area contributed by atoms with Crippen LogP contribution in [0.3, 0.4) is 0 Å². The third kappa shape index (κ3) is 2.43. The first-order chi connectivity index (χ1) is 10.4. The van der Waals surface area contributed by atoms with Crippen molar-refractivity contribution in [3.8, 4) is 5.75 Å². The number of nitrogens with one attached hydrogen (secondary N) is 1. The van der Waals surface area contributed by atoms with Crippen molar-refractivity contribution >= 4 is 6.03 Å². The molecule has 1 saturated heterocycles. The van der Waals surface area contributed by atoms with Crippen molar-refractivity contribution in [2.75, 3.05) is 13.2 Å². The molecule has 2 aliphatic rings. The van der Waals surface area contributed by atoms with Crippen molar-refractivity contribution < 1.29 is 14.6 Å². The van der Waals surface area contributed by atoms with Gasteiger partial charge in [-0.05, 0) is 37.0 Å². The Kier molecular flexibility index (Phi) is 3.77. The number of ether oxygens (including phenoxy) is 1. The maximum atomic E-state index is 12.4. The van der Waals surface area contributed by atoms with E-state index >= 15 is 0 Å². The van der Waals surface area contributed by atoms with E-state index in [-0.39, 0.29) is 18.7 Å². The van der Waals surface area contributed by atoms with E-state index in [4.69, 9.17) is 9.84 Å². The number of urea groups is 1. The normalized spacial score (nSPS) is 26.5. The predicted octanol–water partition coefficient (Wildman–Crippen LogP) is 2.76. The van der Waals surface area contributed by atoms with Gasteiger partial charge in [-0.2, -0.15) is 0 Å². The molecule has 0 radical (unpaired) electrons. The summed E-state index contributed by atoms with van der Waals surface area (Å²) in [6.07, 6.45) is 1.27. The van der Waals surface area contributed by atoms with Crippen molar-refractivity contribution in [3.05, 3.63) is 29.3 Å². The quantitative estimate of drug-likeness (QED) is 0.899. The Morgan fingerprint density at radius 2 is 2.27 bits per heavy atom. The van der Waals surface area contributed by atoms with Crippen LogP contribution in [0.25, 0.3) is 0 Å². The second-order valence-corrected chi connectivity index (χ2v) is 6.66. The van der Waals surface area contributed by atoms with Crippen LogP contribution in [0.4, 0.5) is 4.79 Å². The van der Waals surface area contributed by atoms with Crippen LogP contribution >= 0.6 is 0 Å². The van der Waals surface area contributed by atoms with Crippen molar-refractivity contribution in [1.82, 2.24) is 10.2 Å². The molecule has 2 aliphatic heterocycles. The molecule has 1 aromatic carbocycles. The van der Waals surface area contributed by atoms with Gasteiger partial charge in [-0.25, -0.2) is 4.79 Å². The van der Waals surface area contributed by atoms with Gasteiger partial charge in [-0.1, -0.05) is 19.9 Å². The van der Waals surface area contributed by atoms with Crippen LogP contribution in [0.15, 0.2) is 18.2 Å². The van der Waals surface area contributed by atoms with E-state index in [0.717, 1.165) is 17.7 Å².